The number of nitrogens with two attached hydrogens (primary N) is 2. The highest BCUT2D eigenvalue weighted by Gasteiger charge is 2.18. The Morgan fingerprint density at radius 3 is 2.22 bits per heavy atom. The molecular formula is C13H10Cl2N2O. The van der Waals surface area contributed by atoms with Crippen molar-refractivity contribution in [3.8, 4) is 0 Å². The van der Waals surface area contributed by atoms with Gasteiger partial charge in [0.2, 0.25) is 0 Å². The van der Waals surface area contributed by atoms with Crippen LogP contribution in [0.1, 0.15) is 15.9 Å². The molecule has 2 aromatic carbocycles. The molecule has 2 rings (SSSR count). The highest BCUT2D eigenvalue weighted by atomic mass is 35.5. The first-order valence-corrected chi connectivity index (χ1v) is 5.90. The van der Waals surface area contributed by atoms with Crippen molar-refractivity contribution in [3.05, 3.63) is 57.6 Å². The molecule has 92 valence electrons. The van der Waals surface area contributed by atoms with Crippen LogP contribution in [0.3, 0.4) is 0 Å². The van der Waals surface area contributed by atoms with Crippen LogP contribution < -0.4 is 11.5 Å². The molecule has 0 aliphatic carbocycles. The van der Waals surface area contributed by atoms with E-state index in [1.165, 1.54) is 6.07 Å². The van der Waals surface area contributed by atoms with Crippen LogP contribution in [0.2, 0.25) is 10.0 Å². The maximum absolute atomic E-state index is 12.2. The lowest BCUT2D eigenvalue weighted by Crippen LogP contribution is -2.06. The summed E-state index contributed by atoms with van der Waals surface area (Å²) in [5.41, 5.74) is 12.5. The van der Waals surface area contributed by atoms with Crippen molar-refractivity contribution >= 4 is 40.4 Å². The molecule has 0 saturated heterocycles. The maximum atomic E-state index is 12.2. The van der Waals surface area contributed by atoms with Gasteiger partial charge in [-0.2, -0.15) is 0 Å². The monoisotopic (exact) mass is 280 g/mol. The van der Waals surface area contributed by atoms with Gasteiger partial charge in [-0.15, -0.1) is 0 Å². The normalized spacial score (nSPS) is 10.3. The molecule has 2 aromatic rings. The number of hydrogen-bond acceptors (Lipinski definition) is 3. The Kier molecular flexibility index (Phi) is 3.45. The van der Waals surface area contributed by atoms with Crippen LogP contribution in [0.15, 0.2) is 36.4 Å². The minimum absolute atomic E-state index is 0.107. The fourth-order valence-corrected chi connectivity index (χ4v) is 2.02. The summed E-state index contributed by atoms with van der Waals surface area (Å²) < 4.78 is 0. The number of rotatable bonds is 2. The number of carbonyl (C=O) groups excluding carboxylic acids is 1. The van der Waals surface area contributed by atoms with Gasteiger partial charge in [-0.25, -0.2) is 0 Å². The number of benzene rings is 2. The van der Waals surface area contributed by atoms with Gasteiger partial charge in [-0.1, -0.05) is 53.5 Å². The summed E-state index contributed by atoms with van der Waals surface area (Å²) in [5, 5.41) is 0.230. The molecule has 0 fully saturated rings. The second kappa shape index (κ2) is 4.88. The van der Waals surface area contributed by atoms with E-state index in [1.54, 1.807) is 24.3 Å². The van der Waals surface area contributed by atoms with E-state index < -0.39 is 0 Å². The standard InChI is InChI=1S/C13H10Cl2N2O/c14-10-8(6-9(16)12(17)11(10)15)13(18)7-4-2-1-3-5-7/h1-6H,16-17H2. The van der Waals surface area contributed by atoms with Crippen LogP contribution in [-0.4, -0.2) is 5.78 Å². The molecule has 0 heterocycles. The van der Waals surface area contributed by atoms with E-state index in [1.807, 2.05) is 6.07 Å². The predicted octanol–water partition coefficient (Wildman–Crippen LogP) is 3.39. The van der Waals surface area contributed by atoms with Crippen molar-refractivity contribution < 1.29 is 4.79 Å². The zero-order valence-corrected chi connectivity index (χ0v) is 10.8. The van der Waals surface area contributed by atoms with Crippen molar-refractivity contribution in [1.29, 1.82) is 0 Å². The maximum Gasteiger partial charge on any atom is 0.194 e. The lowest BCUT2D eigenvalue weighted by molar-refractivity contribution is 0.103. The summed E-state index contributed by atoms with van der Waals surface area (Å²) in [6.45, 7) is 0. The van der Waals surface area contributed by atoms with Crippen LogP contribution >= 0.6 is 23.2 Å². The molecule has 0 unspecified atom stereocenters. The number of anilines is 2. The lowest BCUT2D eigenvalue weighted by atomic mass is 10.0. The Hall–Kier alpha value is -1.71. The third-order valence-corrected chi connectivity index (χ3v) is 3.44. The van der Waals surface area contributed by atoms with Gasteiger partial charge in [0.15, 0.2) is 5.78 Å². The number of carbonyl (C=O) groups is 1. The smallest absolute Gasteiger partial charge is 0.194 e. The highest BCUT2D eigenvalue weighted by Crippen LogP contribution is 2.36. The van der Waals surface area contributed by atoms with E-state index in [0.29, 0.717) is 5.56 Å². The first-order chi connectivity index (χ1) is 8.52. The number of halogens is 2. The van der Waals surface area contributed by atoms with Gasteiger partial charge < -0.3 is 11.5 Å². The third-order valence-electron chi connectivity index (χ3n) is 2.56. The van der Waals surface area contributed by atoms with Gasteiger partial charge in [0, 0.05) is 11.1 Å². The molecule has 0 spiro atoms. The average molecular weight is 281 g/mol. The van der Waals surface area contributed by atoms with Gasteiger partial charge in [0.1, 0.15) is 0 Å². The SMILES string of the molecule is Nc1cc(C(=O)c2ccccc2)c(Cl)c(Cl)c1N. The van der Waals surface area contributed by atoms with Crippen molar-refractivity contribution in [2.75, 3.05) is 11.5 Å². The van der Waals surface area contributed by atoms with E-state index in [9.17, 15) is 4.79 Å². The Labute approximate surface area is 114 Å². The Morgan fingerprint density at radius 1 is 1.00 bits per heavy atom. The van der Waals surface area contributed by atoms with Crippen molar-refractivity contribution in [3.63, 3.8) is 0 Å². The first-order valence-electron chi connectivity index (χ1n) is 5.15. The Bertz CT molecular complexity index is 612. The number of ketones is 1. The van der Waals surface area contributed by atoms with Crippen LogP contribution in [0.25, 0.3) is 0 Å². The predicted molar refractivity (Wildman–Crippen MR) is 75.2 cm³/mol. The van der Waals surface area contributed by atoms with Crippen molar-refractivity contribution in [2.45, 2.75) is 0 Å². The minimum atomic E-state index is -0.241. The summed E-state index contributed by atoms with van der Waals surface area (Å²) >= 11 is 12.0. The first kappa shape index (κ1) is 12.7. The highest BCUT2D eigenvalue weighted by molar-refractivity contribution is 6.46. The van der Waals surface area contributed by atoms with Crippen LogP contribution in [-0.2, 0) is 0 Å². The summed E-state index contributed by atoms with van der Waals surface area (Å²) in [6.07, 6.45) is 0. The average Bonchev–Trinajstić information content (AvgIpc) is 2.41. The quantitative estimate of drug-likeness (QED) is 0.654. The molecule has 0 amide bonds. The molecule has 0 aromatic heterocycles. The molecule has 0 aliphatic rings. The second-order valence-corrected chi connectivity index (χ2v) is 4.51. The molecule has 0 saturated carbocycles. The van der Waals surface area contributed by atoms with E-state index >= 15 is 0 Å². The zero-order valence-electron chi connectivity index (χ0n) is 9.28. The van der Waals surface area contributed by atoms with Gasteiger partial charge in [0.25, 0.3) is 0 Å². The van der Waals surface area contributed by atoms with Crippen LogP contribution in [0, 0.1) is 0 Å². The summed E-state index contributed by atoms with van der Waals surface area (Å²) in [4.78, 5) is 12.2. The minimum Gasteiger partial charge on any atom is -0.397 e. The largest absolute Gasteiger partial charge is 0.397 e. The third kappa shape index (κ3) is 2.15. The topological polar surface area (TPSA) is 69.1 Å². The van der Waals surface area contributed by atoms with Gasteiger partial charge >= 0.3 is 0 Å². The summed E-state index contributed by atoms with van der Waals surface area (Å²) in [7, 11) is 0. The van der Waals surface area contributed by atoms with Crippen LogP contribution in [0.4, 0.5) is 11.4 Å². The van der Waals surface area contributed by atoms with Crippen molar-refractivity contribution in [1.82, 2.24) is 0 Å². The van der Waals surface area contributed by atoms with E-state index in [-0.39, 0.29) is 32.8 Å². The van der Waals surface area contributed by atoms with Gasteiger partial charge in [0.05, 0.1) is 21.4 Å². The Morgan fingerprint density at radius 2 is 1.61 bits per heavy atom. The zero-order chi connectivity index (χ0) is 13.3. The van der Waals surface area contributed by atoms with Crippen molar-refractivity contribution in [2.24, 2.45) is 0 Å². The molecule has 0 bridgehead atoms. The molecule has 0 atom stereocenters. The van der Waals surface area contributed by atoms with Crippen LogP contribution in [0.5, 0.6) is 0 Å². The number of nitrogen functional groups attached to an aromatic ring is 2. The van der Waals surface area contributed by atoms with E-state index in [4.69, 9.17) is 34.7 Å². The summed E-state index contributed by atoms with van der Waals surface area (Å²) in [6, 6.07) is 10.2. The lowest BCUT2D eigenvalue weighted by Gasteiger charge is -2.10. The Balaban J connectivity index is 2.56. The molecular weight excluding hydrogens is 271 g/mol. The fraction of sp³-hybridized carbons (Fsp3) is 0. The molecule has 5 heteroatoms. The molecule has 3 nitrogen and oxygen atoms in total. The summed E-state index contributed by atoms with van der Waals surface area (Å²) in [5.74, 6) is -0.241. The molecule has 0 aliphatic heterocycles. The molecule has 0 radical (unpaired) electrons. The van der Waals surface area contributed by atoms with E-state index in [0.717, 1.165) is 0 Å². The fourth-order valence-electron chi connectivity index (χ4n) is 1.57. The molecule has 4 N–H and O–H groups in total. The van der Waals surface area contributed by atoms with E-state index in [2.05, 4.69) is 0 Å². The molecule has 18 heavy (non-hydrogen) atoms. The number of hydrogen-bond donors (Lipinski definition) is 2. The second-order valence-electron chi connectivity index (χ2n) is 3.75. The van der Waals surface area contributed by atoms with Gasteiger partial charge in [-0.3, -0.25) is 4.79 Å². The van der Waals surface area contributed by atoms with Gasteiger partial charge in [-0.05, 0) is 6.07 Å².